The Morgan fingerprint density at radius 1 is 0.827 bits per heavy atom. The van der Waals surface area contributed by atoms with Crippen molar-refractivity contribution in [3.8, 4) is 22.4 Å². The van der Waals surface area contributed by atoms with E-state index in [1.54, 1.807) is 42.0 Å². The number of alkyl carbamates (subject to hydrolysis) is 1. The second-order valence-corrected chi connectivity index (χ2v) is 14.1. The monoisotopic (exact) mass is 715 g/mol. The van der Waals surface area contributed by atoms with Gasteiger partial charge in [0.25, 0.3) is 5.91 Å². The van der Waals surface area contributed by atoms with Crippen molar-refractivity contribution in [1.82, 2.24) is 35.7 Å². The zero-order valence-electron chi connectivity index (χ0n) is 30.3. The van der Waals surface area contributed by atoms with Crippen molar-refractivity contribution in [2.75, 3.05) is 26.7 Å². The normalized spacial score (nSPS) is 18.3. The molecular weight excluding hydrogens is 666 g/mol. The summed E-state index contributed by atoms with van der Waals surface area (Å²) in [4.78, 5) is 74.3. The number of nitrogens with one attached hydrogen (secondary N) is 4. The smallest absolute Gasteiger partial charge is 0.407 e. The Morgan fingerprint density at radius 2 is 1.38 bits per heavy atom. The summed E-state index contributed by atoms with van der Waals surface area (Å²) in [6.45, 7) is 8.75. The zero-order valence-corrected chi connectivity index (χ0v) is 30.3. The fourth-order valence-corrected chi connectivity index (χ4v) is 6.98. The number of aromatic amines is 1. The molecule has 0 spiro atoms. The Kier molecular flexibility index (Phi) is 12.2. The van der Waals surface area contributed by atoms with Crippen molar-refractivity contribution in [3.05, 3.63) is 66.1 Å². The van der Waals surface area contributed by atoms with Crippen molar-refractivity contribution < 1.29 is 33.8 Å². The summed E-state index contributed by atoms with van der Waals surface area (Å²) in [6.07, 6.45) is 3.00. The quantitative estimate of drug-likeness (QED) is 0.177. The van der Waals surface area contributed by atoms with Crippen LogP contribution in [0.25, 0.3) is 22.4 Å². The molecule has 2 fully saturated rings. The molecule has 14 heteroatoms. The van der Waals surface area contributed by atoms with Gasteiger partial charge in [0.05, 0.1) is 25.0 Å². The third-order valence-corrected chi connectivity index (χ3v) is 9.88. The van der Waals surface area contributed by atoms with Crippen LogP contribution < -0.4 is 16.0 Å². The molecule has 2 saturated heterocycles. The Morgan fingerprint density at radius 3 is 2.00 bits per heavy atom. The van der Waals surface area contributed by atoms with E-state index in [0.29, 0.717) is 24.5 Å². The van der Waals surface area contributed by atoms with E-state index in [0.717, 1.165) is 48.1 Å². The van der Waals surface area contributed by atoms with Crippen LogP contribution >= 0.6 is 0 Å². The van der Waals surface area contributed by atoms with E-state index in [9.17, 15) is 29.1 Å². The summed E-state index contributed by atoms with van der Waals surface area (Å²) < 4.78 is 4.73. The SMILES string of the molecule is COC(=O)NC(C(=O)N1CCCC1c1ncc(-c2ccc(-c3ccc(C(=O)NCC4CCCN4C(=O)C(NC(=O)O)C(C)C)cc3)cc2)[nH]1)C(C)C. The average Bonchev–Trinajstić information content (AvgIpc) is 3.92. The molecule has 0 aliphatic carbocycles. The van der Waals surface area contributed by atoms with Crippen molar-refractivity contribution in [2.24, 2.45) is 11.8 Å². The summed E-state index contributed by atoms with van der Waals surface area (Å²) in [6, 6.07) is 13.3. The first-order chi connectivity index (χ1) is 24.9. The lowest BCUT2D eigenvalue weighted by Crippen LogP contribution is -2.53. The van der Waals surface area contributed by atoms with Crippen LogP contribution in [0.3, 0.4) is 0 Å². The van der Waals surface area contributed by atoms with Gasteiger partial charge in [0.15, 0.2) is 0 Å². The molecule has 3 aromatic rings. The number of imidazole rings is 1. The Hall–Kier alpha value is -5.40. The van der Waals surface area contributed by atoms with E-state index in [2.05, 4.69) is 25.9 Å². The Bertz CT molecular complexity index is 1740. The van der Waals surface area contributed by atoms with Gasteiger partial charge in [-0.1, -0.05) is 64.1 Å². The number of carbonyl (C=O) groups excluding carboxylic acids is 4. The minimum absolute atomic E-state index is 0.117. The summed E-state index contributed by atoms with van der Waals surface area (Å²) in [5.74, 6) is -0.302. The highest BCUT2D eigenvalue weighted by Crippen LogP contribution is 2.33. The molecule has 0 radical (unpaired) electrons. The van der Waals surface area contributed by atoms with E-state index in [1.165, 1.54) is 7.11 Å². The van der Waals surface area contributed by atoms with Gasteiger partial charge in [-0.2, -0.15) is 0 Å². The molecule has 2 aromatic carbocycles. The highest BCUT2D eigenvalue weighted by atomic mass is 16.5. The molecule has 5 amide bonds. The van der Waals surface area contributed by atoms with Crippen LogP contribution in [-0.4, -0.2) is 99.7 Å². The van der Waals surface area contributed by atoms with E-state index in [4.69, 9.17) is 4.74 Å². The largest absolute Gasteiger partial charge is 0.465 e. The summed E-state index contributed by atoms with van der Waals surface area (Å²) in [5.41, 5.74) is 4.15. The molecule has 2 aliphatic rings. The van der Waals surface area contributed by atoms with E-state index < -0.39 is 24.3 Å². The number of carboxylic acid groups (broad SMARTS) is 1. The third-order valence-electron chi connectivity index (χ3n) is 9.88. The number of ether oxygens (including phenoxy) is 1. The van der Waals surface area contributed by atoms with Gasteiger partial charge in [-0.15, -0.1) is 0 Å². The fourth-order valence-electron chi connectivity index (χ4n) is 6.98. The zero-order chi connectivity index (χ0) is 37.5. The third kappa shape index (κ3) is 8.72. The molecule has 5 N–H and O–H groups in total. The maximum atomic E-state index is 13.5. The number of benzene rings is 2. The first-order valence-electron chi connectivity index (χ1n) is 17.9. The summed E-state index contributed by atoms with van der Waals surface area (Å²) >= 11 is 0. The number of methoxy groups -OCH3 is 1. The van der Waals surface area contributed by atoms with Crippen molar-refractivity contribution in [1.29, 1.82) is 0 Å². The molecule has 0 saturated carbocycles. The summed E-state index contributed by atoms with van der Waals surface area (Å²) in [7, 11) is 1.28. The number of nitrogens with zero attached hydrogens (tertiary/aromatic N) is 3. The second kappa shape index (κ2) is 16.7. The maximum absolute atomic E-state index is 13.5. The lowest BCUT2D eigenvalue weighted by molar-refractivity contribution is -0.136. The predicted octanol–water partition coefficient (Wildman–Crippen LogP) is 4.80. The highest BCUT2D eigenvalue weighted by molar-refractivity contribution is 5.95. The molecule has 4 atom stereocenters. The molecule has 14 nitrogen and oxygen atoms in total. The lowest BCUT2D eigenvalue weighted by Gasteiger charge is -2.30. The lowest BCUT2D eigenvalue weighted by atomic mass is 10.0. The topological polar surface area (TPSA) is 186 Å². The number of hydrogen-bond donors (Lipinski definition) is 5. The van der Waals surface area contributed by atoms with Crippen LogP contribution in [0.5, 0.6) is 0 Å². The van der Waals surface area contributed by atoms with Crippen molar-refractivity contribution in [3.63, 3.8) is 0 Å². The second-order valence-electron chi connectivity index (χ2n) is 14.1. The number of amides is 5. The molecule has 0 bridgehead atoms. The Balaban J connectivity index is 1.18. The maximum Gasteiger partial charge on any atom is 0.407 e. The fraction of sp³-hybridized carbons (Fsp3) is 0.474. The first kappa shape index (κ1) is 37.8. The number of H-pyrrole nitrogens is 1. The molecule has 3 heterocycles. The number of rotatable bonds is 12. The van der Waals surface area contributed by atoms with Crippen LogP contribution in [0.2, 0.25) is 0 Å². The van der Waals surface area contributed by atoms with Gasteiger partial charge < -0.3 is 40.6 Å². The van der Waals surface area contributed by atoms with Crippen LogP contribution in [0.4, 0.5) is 9.59 Å². The summed E-state index contributed by atoms with van der Waals surface area (Å²) in [5, 5.41) is 17.1. The van der Waals surface area contributed by atoms with Gasteiger partial charge in [-0.25, -0.2) is 14.6 Å². The van der Waals surface area contributed by atoms with Crippen molar-refractivity contribution >= 4 is 29.9 Å². The van der Waals surface area contributed by atoms with Crippen molar-refractivity contribution in [2.45, 2.75) is 77.5 Å². The molecule has 5 rings (SSSR count). The van der Waals surface area contributed by atoms with Gasteiger partial charge in [0, 0.05) is 31.2 Å². The minimum Gasteiger partial charge on any atom is -0.465 e. The average molecular weight is 716 g/mol. The molecular formula is C38H49N7O7. The van der Waals surface area contributed by atoms with Crippen LogP contribution in [-0.2, 0) is 14.3 Å². The molecule has 2 aliphatic heterocycles. The molecule has 278 valence electrons. The minimum atomic E-state index is -1.24. The molecule has 52 heavy (non-hydrogen) atoms. The first-order valence-corrected chi connectivity index (χ1v) is 17.9. The van der Waals surface area contributed by atoms with Gasteiger partial charge in [-0.3, -0.25) is 14.4 Å². The standard InChI is InChI=1S/C38H49N7O7/c1-22(2)31(42-37(49)50)35(47)44-18-6-8-28(44)20-40-34(46)27-16-12-25(13-17-27)24-10-14-26(15-11-24)29-21-39-33(41-29)30-9-7-19-45(30)36(48)32(23(3)4)43-38(51)52-5/h10-17,21-23,28,30-32,42H,6-9,18-20H2,1-5H3,(H,39,41)(H,40,46)(H,43,51)(H,49,50). The number of likely N-dealkylation sites (tertiary alicyclic amines) is 2. The van der Waals surface area contributed by atoms with Gasteiger partial charge in [0.1, 0.15) is 17.9 Å². The van der Waals surface area contributed by atoms with Gasteiger partial charge in [-0.05, 0) is 66.3 Å². The van der Waals surface area contributed by atoms with Crippen LogP contribution in [0.15, 0.2) is 54.7 Å². The predicted molar refractivity (Wildman–Crippen MR) is 194 cm³/mol. The molecule has 1 aromatic heterocycles. The van der Waals surface area contributed by atoms with Crippen LogP contribution in [0.1, 0.15) is 75.6 Å². The van der Waals surface area contributed by atoms with E-state index >= 15 is 0 Å². The van der Waals surface area contributed by atoms with E-state index in [1.807, 2.05) is 50.2 Å². The number of hydrogen-bond acceptors (Lipinski definition) is 7. The van der Waals surface area contributed by atoms with Gasteiger partial charge in [0.2, 0.25) is 11.8 Å². The number of carbonyl (C=O) groups is 5. The van der Waals surface area contributed by atoms with E-state index in [-0.39, 0.29) is 48.2 Å². The Labute approximate surface area is 303 Å². The highest BCUT2D eigenvalue weighted by Gasteiger charge is 2.38. The number of aromatic nitrogens is 2. The van der Waals surface area contributed by atoms with Crippen LogP contribution in [0, 0.1) is 11.8 Å². The van der Waals surface area contributed by atoms with Gasteiger partial charge >= 0.3 is 12.2 Å². The molecule has 4 unspecified atom stereocenters.